The van der Waals surface area contributed by atoms with E-state index in [2.05, 4.69) is 36.5 Å². The summed E-state index contributed by atoms with van der Waals surface area (Å²) in [6, 6.07) is 3.95. The van der Waals surface area contributed by atoms with Crippen LogP contribution in [0.15, 0.2) is 34.0 Å². The lowest BCUT2D eigenvalue weighted by atomic mass is 10.5. The Labute approximate surface area is 126 Å². The summed E-state index contributed by atoms with van der Waals surface area (Å²) in [7, 11) is 3.41. The molecule has 108 valence electrons. The predicted molar refractivity (Wildman–Crippen MR) is 83.0 cm³/mol. The summed E-state index contributed by atoms with van der Waals surface area (Å²) in [5.74, 6) is 0.736. The highest BCUT2D eigenvalue weighted by Gasteiger charge is 2.03. The molecule has 20 heavy (non-hydrogen) atoms. The van der Waals surface area contributed by atoms with Gasteiger partial charge in [0.25, 0.3) is 0 Å². The van der Waals surface area contributed by atoms with Crippen LogP contribution >= 0.6 is 15.9 Å². The van der Waals surface area contributed by atoms with E-state index in [-0.39, 0.29) is 0 Å². The molecule has 7 heteroatoms. The minimum atomic E-state index is 0.617. The van der Waals surface area contributed by atoms with Crippen LogP contribution in [-0.4, -0.2) is 42.7 Å². The lowest BCUT2D eigenvalue weighted by Crippen LogP contribution is -2.38. The fourth-order valence-corrected chi connectivity index (χ4v) is 2.12. The first-order valence-electron chi connectivity index (χ1n) is 6.29. The summed E-state index contributed by atoms with van der Waals surface area (Å²) >= 11 is 3.45. The van der Waals surface area contributed by atoms with Crippen molar-refractivity contribution >= 4 is 27.5 Å². The van der Waals surface area contributed by atoms with Crippen LogP contribution in [0.5, 0.6) is 0 Å². The molecule has 2 rings (SSSR count). The maximum atomic E-state index is 4.99. The van der Waals surface area contributed by atoms with Crippen LogP contribution in [0, 0.1) is 0 Å². The van der Waals surface area contributed by atoms with Gasteiger partial charge in [0.05, 0.1) is 18.8 Å². The van der Waals surface area contributed by atoms with E-state index in [4.69, 9.17) is 4.74 Å². The Balaban J connectivity index is 1.94. The van der Waals surface area contributed by atoms with Crippen molar-refractivity contribution in [3.05, 3.63) is 34.7 Å². The second kappa shape index (κ2) is 7.25. The number of imidazole rings is 1. The van der Waals surface area contributed by atoms with Gasteiger partial charge < -0.3 is 19.8 Å². The number of fused-ring (bicyclic) bond motifs is 1. The van der Waals surface area contributed by atoms with Gasteiger partial charge in [0.15, 0.2) is 5.96 Å². The Bertz CT molecular complexity index is 595. The van der Waals surface area contributed by atoms with Crippen molar-refractivity contribution in [2.24, 2.45) is 4.99 Å². The molecule has 2 N–H and O–H groups in total. The minimum Gasteiger partial charge on any atom is -0.383 e. The number of aromatic nitrogens is 2. The molecule has 0 fully saturated rings. The normalized spacial score (nSPS) is 11.8. The number of hydrogen-bond acceptors (Lipinski definition) is 3. The van der Waals surface area contributed by atoms with Crippen LogP contribution in [-0.2, 0) is 11.3 Å². The average molecular weight is 340 g/mol. The Kier molecular flexibility index (Phi) is 5.37. The molecule has 0 aliphatic carbocycles. The quantitative estimate of drug-likeness (QED) is 0.491. The number of pyridine rings is 1. The second-order valence-electron chi connectivity index (χ2n) is 4.19. The van der Waals surface area contributed by atoms with Gasteiger partial charge in [0, 0.05) is 37.6 Å². The number of guanidine groups is 1. The second-order valence-corrected chi connectivity index (χ2v) is 5.11. The zero-order chi connectivity index (χ0) is 14.4. The van der Waals surface area contributed by atoms with Gasteiger partial charge in [0.1, 0.15) is 5.65 Å². The highest BCUT2D eigenvalue weighted by molar-refractivity contribution is 9.10. The van der Waals surface area contributed by atoms with Gasteiger partial charge in [-0.15, -0.1) is 0 Å². The van der Waals surface area contributed by atoms with Crippen molar-refractivity contribution in [3.8, 4) is 0 Å². The molecule has 0 aromatic carbocycles. The summed E-state index contributed by atoms with van der Waals surface area (Å²) in [5, 5.41) is 6.37. The van der Waals surface area contributed by atoms with Gasteiger partial charge in [-0.1, -0.05) is 0 Å². The first-order valence-corrected chi connectivity index (χ1v) is 7.09. The van der Waals surface area contributed by atoms with Crippen molar-refractivity contribution in [1.29, 1.82) is 0 Å². The van der Waals surface area contributed by atoms with Gasteiger partial charge in [-0.3, -0.25) is 4.99 Å². The van der Waals surface area contributed by atoms with Crippen LogP contribution in [0.2, 0.25) is 0 Å². The topological polar surface area (TPSA) is 63.0 Å². The molecule has 0 aliphatic heterocycles. The SMILES string of the molecule is CN=C(NCCOC)NCc1cn2cc(Br)ccc2n1. The van der Waals surface area contributed by atoms with Gasteiger partial charge >= 0.3 is 0 Å². The van der Waals surface area contributed by atoms with Crippen LogP contribution in [0.4, 0.5) is 0 Å². The van der Waals surface area contributed by atoms with Crippen molar-refractivity contribution in [3.63, 3.8) is 0 Å². The minimum absolute atomic E-state index is 0.617. The first kappa shape index (κ1) is 14.8. The van der Waals surface area contributed by atoms with E-state index < -0.39 is 0 Å². The van der Waals surface area contributed by atoms with E-state index in [1.54, 1.807) is 14.2 Å². The van der Waals surface area contributed by atoms with Gasteiger partial charge in [-0.05, 0) is 28.1 Å². The fourth-order valence-electron chi connectivity index (χ4n) is 1.77. The summed E-state index contributed by atoms with van der Waals surface area (Å²) in [4.78, 5) is 8.67. The molecular formula is C13H18BrN5O. The highest BCUT2D eigenvalue weighted by Crippen LogP contribution is 2.12. The van der Waals surface area contributed by atoms with E-state index in [1.165, 1.54) is 0 Å². The third kappa shape index (κ3) is 3.94. The maximum Gasteiger partial charge on any atom is 0.191 e. The Morgan fingerprint density at radius 1 is 1.40 bits per heavy atom. The molecule has 0 saturated heterocycles. The van der Waals surface area contributed by atoms with Gasteiger partial charge in [-0.2, -0.15) is 0 Å². The largest absolute Gasteiger partial charge is 0.383 e. The molecule has 2 aromatic rings. The van der Waals surface area contributed by atoms with Crippen LogP contribution < -0.4 is 10.6 Å². The molecule has 0 saturated carbocycles. The van der Waals surface area contributed by atoms with E-state index in [1.807, 2.05) is 28.9 Å². The molecular weight excluding hydrogens is 322 g/mol. The standard InChI is InChI=1S/C13H18BrN5O/c1-15-13(16-5-6-20-2)17-7-11-9-19-8-10(14)3-4-12(19)18-11/h3-4,8-9H,5-7H2,1-2H3,(H2,15,16,17). The molecule has 6 nitrogen and oxygen atoms in total. The number of aliphatic imine (C=N–C) groups is 1. The molecule has 0 spiro atoms. The monoisotopic (exact) mass is 339 g/mol. The van der Waals surface area contributed by atoms with Crippen molar-refractivity contribution in [2.45, 2.75) is 6.54 Å². The van der Waals surface area contributed by atoms with Gasteiger partial charge in [0.2, 0.25) is 0 Å². The highest BCUT2D eigenvalue weighted by atomic mass is 79.9. The van der Waals surface area contributed by atoms with Crippen molar-refractivity contribution < 1.29 is 4.74 Å². The molecule has 0 amide bonds. The molecule has 2 aromatic heterocycles. The molecule has 0 radical (unpaired) electrons. The van der Waals surface area contributed by atoms with Crippen molar-refractivity contribution in [2.75, 3.05) is 27.3 Å². The zero-order valence-electron chi connectivity index (χ0n) is 11.6. The molecule has 0 aliphatic rings. The van der Waals surface area contributed by atoms with Crippen LogP contribution in [0.1, 0.15) is 5.69 Å². The molecule has 0 bridgehead atoms. The number of rotatable bonds is 5. The summed E-state index contributed by atoms with van der Waals surface area (Å²) in [6.07, 6.45) is 3.98. The van der Waals surface area contributed by atoms with E-state index in [0.717, 1.165) is 21.8 Å². The number of hydrogen-bond donors (Lipinski definition) is 2. The average Bonchev–Trinajstić information content (AvgIpc) is 2.84. The van der Waals surface area contributed by atoms with Crippen LogP contribution in [0.25, 0.3) is 5.65 Å². The zero-order valence-corrected chi connectivity index (χ0v) is 13.1. The number of halogens is 1. The fraction of sp³-hybridized carbons (Fsp3) is 0.385. The summed E-state index contributed by atoms with van der Waals surface area (Å²) < 4.78 is 8.00. The molecule has 2 heterocycles. The molecule has 0 atom stereocenters. The summed E-state index contributed by atoms with van der Waals surface area (Å²) in [6.45, 7) is 1.98. The number of methoxy groups -OCH3 is 1. The third-order valence-electron chi connectivity index (χ3n) is 2.72. The lowest BCUT2D eigenvalue weighted by Gasteiger charge is -2.10. The smallest absolute Gasteiger partial charge is 0.191 e. The Morgan fingerprint density at radius 3 is 3.00 bits per heavy atom. The van der Waals surface area contributed by atoms with E-state index in [0.29, 0.717) is 19.7 Å². The molecule has 0 unspecified atom stereocenters. The van der Waals surface area contributed by atoms with Crippen LogP contribution in [0.3, 0.4) is 0 Å². The lowest BCUT2D eigenvalue weighted by molar-refractivity contribution is 0.203. The van der Waals surface area contributed by atoms with E-state index >= 15 is 0 Å². The van der Waals surface area contributed by atoms with Gasteiger partial charge in [-0.25, -0.2) is 4.98 Å². The van der Waals surface area contributed by atoms with Crippen molar-refractivity contribution in [1.82, 2.24) is 20.0 Å². The third-order valence-corrected chi connectivity index (χ3v) is 3.19. The number of ether oxygens (including phenoxy) is 1. The summed E-state index contributed by atoms with van der Waals surface area (Å²) in [5.41, 5.74) is 1.88. The van der Waals surface area contributed by atoms with E-state index in [9.17, 15) is 0 Å². The first-order chi connectivity index (χ1) is 9.72. The number of nitrogens with zero attached hydrogens (tertiary/aromatic N) is 3. The Morgan fingerprint density at radius 2 is 2.25 bits per heavy atom. The number of nitrogens with one attached hydrogen (secondary N) is 2. The maximum absolute atomic E-state index is 4.99. The Hall–Kier alpha value is -1.60. The predicted octanol–water partition coefficient (Wildman–Crippen LogP) is 1.41.